The highest BCUT2D eigenvalue weighted by Crippen LogP contribution is 2.23. The molecule has 8 nitrogen and oxygen atoms in total. The van der Waals surface area contributed by atoms with Gasteiger partial charge in [0.15, 0.2) is 0 Å². The average molecular weight is 361 g/mol. The number of amides is 1. The molecular weight excluding hydrogens is 338 g/mol. The van der Waals surface area contributed by atoms with Gasteiger partial charge < -0.3 is 23.8 Å². The third-order valence-electron chi connectivity index (χ3n) is 4.30. The van der Waals surface area contributed by atoms with E-state index in [4.69, 9.17) is 13.9 Å². The minimum absolute atomic E-state index is 0.0105. The highest BCUT2D eigenvalue weighted by Gasteiger charge is 2.20. The minimum Gasteiger partial charge on any atom is -0.464 e. The SMILES string of the molecule is COC(=O)c1ccc(-c2ccco2)n1CC(=O)NCCN1CCOCC1. The van der Waals surface area contributed by atoms with Crippen molar-refractivity contribution in [3.63, 3.8) is 0 Å². The van der Waals surface area contributed by atoms with Crippen LogP contribution >= 0.6 is 0 Å². The summed E-state index contributed by atoms with van der Waals surface area (Å²) in [6, 6.07) is 6.91. The quantitative estimate of drug-likeness (QED) is 0.740. The summed E-state index contributed by atoms with van der Waals surface area (Å²) in [6.45, 7) is 4.54. The average Bonchev–Trinajstić information content (AvgIpc) is 3.31. The van der Waals surface area contributed by atoms with E-state index < -0.39 is 5.97 Å². The maximum absolute atomic E-state index is 12.4. The fraction of sp³-hybridized carbons (Fsp3) is 0.444. The lowest BCUT2D eigenvalue weighted by molar-refractivity contribution is -0.121. The molecule has 0 aromatic carbocycles. The van der Waals surface area contributed by atoms with Crippen molar-refractivity contribution in [2.45, 2.75) is 6.54 Å². The first-order valence-electron chi connectivity index (χ1n) is 8.57. The molecule has 0 radical (unpaired) electrons. The number of hydrogen-bond donors (Lipinski definition) is 1. The summed E-state index contributed by atoms with van der Waals surface area (Å²) in [5.74, 6) is -0.0855. The van der Waals surface area contributed by atoms with Gasteiger partial charge in [-0.05, 0) is 24.3 Å². The van der Waals surface area contributed by atoms with Crippen LogP contribution < -0.4 is 5.32 Å². The molecule has 1 N–H and O–H groups in total. The molecule has 26 heavy (non-hydrogen) atoms. The molecule has 1 amide bonds. The van der Waals surface area contributed by atoms with Crippen LogP contribution in [-0.4, -0.2) is 67.8 Å². The topological polar surface area (TPSA) is 85.9 Å². The van der Waals surface area contributed by atoms with Gasteiger partial charge in [0.25, 0.3) is 0 Å². The summed E-state index contributed by atoms with van der Waals surface area (Å²) >= 11 is 0. The molecule has 8 heteroatoms. The predicted molar refractivity (Wildman–Crippen MR) is 93.7 cm³/mol. The van der Waals surface area contributed by atoms with Crippen LogP contribution in [0.3, 0.4) is 0 Å². The molecule has 1 saturated heterocycles. The lowest BCUT2D eigenvalue weighted by atomic mass is 10.3. The third-order valence-corrected chi connectivity index (χ3v) is 4.30. The monoisotopic (exact) mass is 361 g/mol. The Bertz CT molecular complexity index is 732. The van der Waals surface area contributed by atoms with Crippen molar-refractivity contribution in [3.8, 4) is 11.5 Å². The predicted octanol–water partition coefficient (Wildman–Crippen LogP) is 0.983. The van der Waals surface area contributed by atoms with E-state index in [0.717, 1.165) is 32.8 Å². The molecule has 0 unspecified atom stereocenters. The van der Waals surface area contributed by atoms with Crippen molar-refractivity contribution in [1.29, 1.82) is 0 Å². The molecule has 0 bridgehead atoms. The van der Waals surface area contributed by atoms with E-state index in [1.165, 1.54) is 7.11 Å². The van der Waals surface area contributed by atoms with Crippen LogP contribution in [0.1, 0.15) is 10.5 Å². The first-order chi connectivity index (χ1) is 12.7. The molecule has 2 aromatic heterocycles. The second-order valence-electron chi connectivity index (χ2n) is 5.96. The van der Waals surface area contributed by atoms with Gasteiger partial charge >= 0.3 is 5.97 Å². The first kappa shape index (κ1) is 18.2. The molecule has 0 spiro atoms. The Balaban J connectivity index is 1.64. The van der Waals surface area contributed by atoms with E-state index in [9.17, 15) is 9.59 Å². The lowest BCUT2D eigenvalue weighted by Gasteiger charge is -2.26. The van der Waals surface area contributed by atoms with Gasteiger partial charge in [-0.25, -0.2) is 4.79 Å². The zero-order valence-electron chi connectivity index (χ0n) is 14.8. The normalized spacial score (nSPS) is 15.0. The molecule has 140 valence electrons. The number of rotatable bonds is 7. The number of furan rings is 1. The number of esters is 1. The molecule has 3 heterocycles. The van der Waals surface area contributed by atoms with Crippen molar-refractivity contribution in [3.05, 3.63) is 36.2 Å². The summed E-state index contributed by atoms with van der Waals surface area (Å²) in [6.07, 6.45) is 1.55. The minimum atomic E-state index is -0.496. The Morgan fingerprint density at radius 2 is 2.04 bits per heavy atom. The standard InChI is InChI=1S/C18H23N3O5/c1-24-18(23)15-5-4-14(16-3-2-10-26-16)21(15)13-17(22)19-6-7-20-8-11-25-12-9-20/h2-5,10H,6-9,11-13H2,1H3,(H,19,22). The van der Waals surface area contributed by atoms with Crippen molar-refractivity contribution in [1.82, 2.24) is 14.8 Å². The second-order valence-corrected chi connectivity index (χ2v) is 5.96. The maximum Gasteiger partial charge on any atom is 0.354 e. The summed E-state index contributed by atoms with van der Waals surface area (Å²) in [4.78, 5) is 26.6. The van der Waals surface area contributed by atoms with Gasteiger partial charge in [-0.2, -0.15) is 0 Å². The number of carbonyl (C=O) groups excluding carboxylic acids is 2. The molecule has 1 aliphatic heterocycles. The van der Waals surface area contributed by atoms with Gasteiger partial charge in [0, 0.05) is 26.2 Å². The third kappa shape index (κ3) is 4.33. The largest absolute Gasteiger partial charge is 0.464 e. The molecular formula is C18H23N3O5. The number of morpholine rings is 1. The van der Waals surface area contributed by atoms with Crippen LogP contribution in [0.4, 0.5) is 0 Å². The maximum atomic E-state index is 12.4. The van der Waals surface area contributed by atoms with Crippen LogP contribution in [0, 0.1) is 0 Å². The molecule has 0 saturated carbocycles. The Hall–Kier alpha value is -2.58. The zero-order valence-corrected chi connectivity index (χ0v) is 14.8. The van der Waals surface area contributed by atoms with Gasteiger partial charge in [0.1, 0.15) is 18.0 Å². The number of ether oxygens (including phenoxy) is 2. The molecule has 3 rings (SSSR count). The van der Waals surface area contributed by atoms with Gasteiger partial charge in [0.05, 0.1) is 32.3 Å². The van der Waals surface area contributed by atoms with Crippen molar-refractivity contribution in [2.75, 3.05) is 46.5 Å². The van der Waals surface area contributed by atoms with Crippen LogP contribution in [0.5, 0.6) is 0 Å². The van der Waals surface area contributed by atoms with Gasteiger partial charge in [-0.3, -0.25) is 9.69 Å². The number of carbonyl (C=O) groups is 2. The van der Waals surface area contributed by atoms with Crippen molar-refractivity contribution in [2.24, 2.45) is 0 Å². The van der Waals surface area contributed by atoms with Gasteiger partial charge in [-0.1, -0.05) is 0 Å². The summed E-state index contributed by atoms with van der Waals surface area (Å²) in [5, 5.41) is 2.90. The van der Waals surface area contributed by atoms with Crippen LogP contribution in [0.15, 0.2) is 34.9 Å². The fourth-order valence-corrected chi connectivity index (χ4v) is 2.94. The van der Waals surface area contributed by atoms with E-state index in [1.807, 2.05) is 0 Å². The highest BCUT2D eigenvalue weighted by molar-refractivity contribution is 5.90. The number of aromatic nitrogens is 1. The van der Waals surface area contributed by atoms with Crippen LogP contribution in [0.25, 0.3) is 11.5 Å². The number of nitrogens with zero attached hydrogens (tertiary/aromatic N) is 2. The summed E-state index contributed by atoms with van der Waals surface area (Å²) in [7, 11) is 1.31. The number of methoxy groups -OCH3 is 1. The van der Waals surface area contributed by atoms with Crippen LogP contribution in [-0.2, 0) is 20.8 Å². The lowest BCUT2D eigenvalue weighted by Crippen LogP contribution is -2.42. The summed E-state index contributed by atoms with van der Waals surface area (Å²) < 4.78 is 17.1. The Labute approximate surface area is 151 Å². The molecule has 0 aliphatic carbocycles. The molecule has 1 aliphatic rings. The molecule has 1 fully saturated rings. The first-order valence-corrected chi connectivity index (χ1v) is 8.57. The van der Waals surface area contributed by atoms with E-state index in [0.29, 0.717) is 23.7 Å². The summed E-state index contributed by atoms with van der Waals surface area (Å²) in [5.41, 5.74) is 0.959. The highest BCUT2D eigenvalue weighted by atomic mass is 16.5. The Morgan fingerprint density at radius 1 is 1.23 bits per heavy atom. The van der Waals surface area contributed by atoms with Crippen LogP contribution in [0.2, 0.25) is 0 Å². The van der Waals surface area contributed by atoms with E-state index in [-0.39, 0.29) is 12.5 Å². The fourth-order valence-electron chi connectivity index (χ4n) is 2.94. The van der Waals surface area contributed by atoms with Gasteiger partial charge in [0.2, 0.25) is 5.91 Å². The van der Waals surface area contributed by atoms with Crippen molar-refractivity contribution < 1.29 is 23.5 Å². The molecule has 0 atom stereocenters. The van der Waals surface area contributed by atoms with Crippen molar-refractivity contribution >= 4 is 11.9 Å². The molecule has 2 aromatic rings. The second kappa shape index (κ2) is 8.68. The van der Waals surface area contributed by atoms with Gasteiger partial charge in [-0.15, -0.1) is 0 Å². The van der Waals surface area contributed by atoms with E-state index >= 15 is 0 Å². The Kier molecular flexibility index (Phi) is 6.08. The Morgan fingerprint density at radius 3 is 2.73 bits per heavy atom. The van der Waals surface area contributed by atoms with E-state index in [2.05, 4.69) is 10.2 Å². The number of nitrogens with one attached hydrogen (secondary N) is 1. The smallest absolute Gasteiger partial charge is 0.354 e. The van der Waals surface area contributed by atoms with E-state index in [1.54, 1.807) is 35.1 Å². The zero-order chi connectivity index (χ0) is 18.4. The number of hydrogen-bond acceptors (Lipinski definition) is 6.